The number of rotatable bonds is 2. The van der Waals surface area contributed by atoms with Crippen LogP contribution in [0.1, 0.15) is 5.56 Å². The summed E-state index contributed by atoms with van der Waals surface area (Å²) in [6.07, 6.45) is 5.46. The predicted molar refractivity (Wildman–Crippen MR) is 56.0 cm³/mol. The largest absolute Gasteiger partial charge is 0.275 e. The van der Waals surface area contributed by atoms with Crippen molar-refractivity contribution < 1.29 is 0 Å². The normalized spacial score (nSPS) is 10.4. The number of hydrogen-bond acceptors (Lipinski definition) is 2. The van der Waals surface area contributed by atoms with E-state index in [1.165, 1.54) is 0 Å². The molecule has 0 bridgehead atoms. The average Bonchev–Trinajstić information content (AvgIpc) is 2.65. The Kier molecular flexibility index (Phi) is 2.50. The Balaban J connectivity index is 2.41. The lowest BCUT2D eigenvalue weighted by atomic mass is 10.2. The zero-order valence-electron chi connectivity index (χ0n) is 7.81. The summed E-state index contributed by atoms with van der Waals surface area (Å²) < 4.78 is 1.77. The molecule has 2 aromatic heterocycles. The molecule has 0 saturated carbocycles. The van der Waals surface area contributed by atoms with Crippen LogP contribution in [0, 0.1) is 0 Å². The van der Waals surface area contributed by atoms with Gasteiger partial charge in [0.15, 0.2) is 0 Å². The van der Waals surface area contributed by atoms with Crippen molar-refractivity contribution in [3.63, 3.8) is 0 Å². The van der Waals surface area contributed by atoms with Crippen LogP contribution in [0.3, 0.4) is 0 Å². The predicted octanol–water partition coefficient (Wildman–Crippen LogP) is 2.22. The maximum absolute atomic E-state index is 5.73. The van der Waals surface area contributed by atoms with Crippen molar-refractivity contribution in [3.8, 4) is 11.3 Å². The van der Waals surface area contributed by atoms with Gasteiger partial charge in [-0.1, -0.05) is 0 Å². The lowest BCUT2D eigenvalue weighted by Gasteiger charge is -1.98. The SMILES string of the molecule is Cn1ccc(-c2cncc(CCl)c2)n1. The molecule has 0 radical (unpaired) electrons. The number of hydrogen-bond donors (Lipinski definition) is 0. The molecule has 3 nitrogen and oxygen atoms in total. The van der Waals surface area contributed by atoms with E-state index in [0.29, 0.717) is 5.88 Å². The summed E-state index contributed by atoms with van der Waals surface area (Å²) in [4.78, 5) is 4.11. The van der Waals surface area contributed by atoms with Gasteiger partial charge in [0.05, 0.1) is 5.69 Å². The summed E-state index contributed by atoms with van der Waals surface area (Å²) in [6.45, 7) is 0. The van der Waals surface area contributed by atoms with Crippen molar-refractivity contribution in [3.05, 3.63) is 36.3 Å². The van der Waals surface area contributed by atoms with E-state index in [0.717, 1.165) is 16.8 Å². The third-order valence-corrected chi connectivity index (χ3v) is 2.27. The number of pyridine rings is 1. The van der Waals surface area contributed by atoms with Gasteiger partial charge in [-0.15, -0.1) is 11.6 Å². The highest BCUT2D eigenvalue weighted by Crippen LogP contribution is 2.17. The summed E-state index contributed by atoms with van der Waals surface area (Å²) in [7, 11) is 1.89. The van der Waals surface area contributed by atoms with E-state index in [9.17, 15) is 0 Å². The van der Waals surface area contributed by atoms with Crippen LogP contribution in [0.15, 0.2) is 30.7 Å². The fraction of sp³-hybridized carbons (Fsp3) is 0.200. The van der Waals surface area contributed by atoms with Crippen LogP contribution in [0.2, 0.25) is 0 Å². The van der Waals surface area contributed by atoms with E-state index in [1.54, 1.807) is 17.1 Å². The minimum atomic E-state index is 0.480. The number of alkyl halides is 1. The van der Waals surface area contributed by atoms with Crippen LogP contribution in [-0.2, 0) is 12.9 Å². The number of aryl methyl sites for hydroxylation is 1. The molecular formula is C10H10ClN3. The second-order valence-electron chi connectivity index (χ2n) is 3.09. The van der Waals surface area contributed by atoms with Gasteiger partial charge in [0.25, 0.3) is 0 Å². The Morgan fingerprint density at radius 2 is 2.29 bits per heavy atom. The van der Waals surface area contributed by atoms with Crippen molar-refractivity contribution in [1.29, 1.82) is 0 Å². The van der Waals surface area contributed by atoms with Gasteiger partial charge in [0.1, 0.15) is 0 Å². The minimum Gasteiger partial charge on any atom is -0.275 e. The molecule has 2 aromatic rings. The third-order valence-electron chi connectivity index (χ3n) is 1.96. The lowest BCUT2D eigenvalue weighted by Crippen LogP contribution is -1.89. The van der Waals surface area contributed by atoms with E-state index in [4.69, 9.17) is 11.6 Å². The van der Waals surface area contributed by atoms with Crippen molar-refractivity contribution >= 4 is 11.6 Å². The second kappa shape index (κ2) is 3.80. The summed E-state index contributed by atoms with van der Waals surface area (Å²) in [5, 5.41) is 4.29. The molecule has 2 heterocycles. The van der Waals surface area contributed by atoms with Crippen LogP contribution in [0.4, 0.5) is 0 Å². The van der Waals surface area contributed by atoms with Crippen molar-refractivity contribution in [1.82, 2.24) is 14.8 Å². The standard InChI is InChI=1S/C10H10ClN3/c1-14-3-2-10(13-14)9-4-8(5-11)6-12-7-9/h2-4,6-7H,5H2,1H3. The fourth-order valence-corrected chi connectivity index (χ4v) is 1.42. The molecule has 0 fully saturated rings. The van der Waals surface area contributed by atoms with Gasteiger partial charge >= 0.3 is 0 Å². The van der Waals surface area contributed by atoms with E-state index in [1.807, 2.05) is 25.4 Å². The second-order valence-corrected chi connectivity index (χ2v) is 3.36. The first-order valence-corrected chi connectivity index (χ1v) is 4.83. The molecule has 0 aliphatic carbocycles. The van der Waals surface area contributed by atoms with Gasteiger partial charge < -0.3 is 0 Å². The first-order chi connectivity index (χ1) is 6.79. The van der Waals surface area contributed by atoms with E-state index in [-0.39, 0.29) is 0 Å². The van der Waals surface area contributed by atoms with E-state index >= 15 is 0 Å². The van der Waals surface area contributed by atoms with Gasteiger partial charge in [0, 0.05) is 37.1 Å². The van der Waals surface area contributed by atoms with Crippen LogP contribution in [0.25, 0.3) is 11.3 Å². The zero-order valence-corrected chi connectivity index (χ0v) is 8.57. The van der Waals surface area contributed by atoms with Crippen LogP contribution < -0.4 is 0 Å². The highest BCUT2D eigenvalue weighted by Gasteiger charge is 2.01. The molecular weight excluding hydrogens is 198 g/mol. The Hall–Kier alpha value is -1.35. The van der Waals surface area contributed by atoms with Crippen molar-refractivity contribution in [2.45, 2.75) is 5.88 Å². The molecule has 0 spiro atoms. The highest BCUT2D eigenvalue weighted by atomic mass is 35.5. The molecule has 0 aliphatic rings. The summed E-state index contributed by atoms with van der Waals surface area (Å²) in [6, 6.07) is 3.96. The highest BCUT2D eigenvalue weighted by molar-refractivity contribution is 6.17. The smallest absolute Gasteiger partial charge is 0.0938 e. The molecule has 0 amide bonds. The number of nitrogens with zero attached hydrogens (tertiary/aromatic N) is 3. The fourth-order valence-electron chi connectivity index (χ4n) is 1.27. The van der Waals surface area contributed by atoms with Gasteiger partial charge in [-0.25, -0.2) is 0 Å². The molecule has 0 N–H and O–H groups in total. The molecule has 4 heteroatoms. The molecule has 0 aromatic carbocycles. The lowest BCUT2D eigenvalue weighted by molar-refractivity contribution is 0.770. The first kappa shape index (κ1) is 9.21. The molecule has 2 rings (SSSR count). The summed E-state index contributed by atoms with van der Waals surface area (Å²) >= 11 is 5.73. The average molecular weight is 208 g/mol. The molecule has 0 aliphatic heterocycles. The molecule has 0 saturated heterocycles. The molecule has 72 valence electrons. The maximum Gasteiger partial charge on any atom is 0.0938 e. The Bertz CT molecular complexity index is 436. The summed E-state index contributed by atoms with van der Waals surface area (Å²) in [5.41, 5.74) is 2.94. The van der Waals surface area contributed by atoms with Crippen LogP contribution in [-0.4, -0.2) is 14.8 Å². The zero-order chi connectivity index (χ0) is 9.97. The minimum absolute atomic E-state index is 0.480. The van der Waals surface area contributed by atoms with Gasteiger partial charge in [-0.3, -0.25) is 9.67 Å². The Morgan fingerprint density at radius 1 is 1.43 bits per heavy atom. The van der Waals surface area contributed by atoms with Gasteiger partial charge in [-0.05, 0) is 17.7 Å². The van der Waals surface area contributed by atoms with Crippen LogP contribution in [0.5, 0.6) is 0 Å². The topological polar surface area (TPSA) is 30.7 Å². The van der Waals surface area contributed by atoms with E-state index < -0.39 is 0 Å². The van der Waals surface area contributed by atoms with Gasteiger partial charge in [0.2, 0.25) is 0 Å². The van der Waals surface area contributed by atoms with Crippen molar-refractivity contribution in [2.75, 3.05) is 0 Å². The number of halogens is 1. The van der Waals surface area contributed by atoms with Gasteiger partial charge in [-0.2, -0.15) is 5.10 Å². The molecule has 14 heavy (non-hydrogen) atoms. The third kappa shape index (κ3) is 1.77. The quantitative estimate of drug-likeness (QED) is 0.707. The maximum atomic E-state index is 5.73. The molecule has 0 atom stereocenters. The Labute approximate surface area is 87.3 Å². The Morgan fingerprint density at radius 3 is 2.93 bits per heavy atom. The number of aromatic nitrogens is 3. The monoisotopic (exact) mass is 207 g/mol. The van der Waals surface area contributed by atoms with Crippen LogP contribution >= 0.6 is 11.6 Å². The summed E-state index contributed by atoms with van der Waals surface area (Å²) in [5.74, 6) is 0.480. The first-order valence-electron chi connectivity index (χ1n) is 4.29. The van der Waals surface area contributed by atoms with E-state index in [2.05, 4.69) is 10.1 Å². The molecule has 0 unspecified atom stereocenters. The van der Waals surface area contributed by atoms with Crippen molar-refractivity contribution in [2.24, 2.45) is 7.05 Å².